The van der Waals surface area contributed by atoms with Crippen LogP contribution in [0.15, 0.2) is 22.2 Å². The Hall–Kier alpha value is -4.74. The highest BCUT2D eigenvalue weighted by Gasteiger charge is 2.49. The fourth-order valence-corrected chi connectivity index (χ4v) is 9.15. The molecule has 2 amide bonds. The third-order valence-electron chi connectivity index (χ3n) is 12.4. The number of nitrogens with zero attached hydrogens (tertiary/aromatic N) is 6. The number of nitrogens with one attached hydrogen (secondary N) is 4. The summed E-state index contributed by atoms with van der Waals surface area (Å²) in [6.07, 6.45) is -0.850. The van der Waals surface area contributed by atoms with E-state index in [0.717, 1.165) is 0 Å². The van der Waals surface area contributed by atoms with Gasteiger partial charge in [0.15, 0.2) is 51.4 Å². The van der Waals surface area contributed by atoms with Crippen molar-refractivity contribution in [2.75, 3.05) is 43.7 Å². The predicted octanol–water partition coefficient (Wildman–Crippen LogP) is 4.11. The number of carboxylic acids is 1. The zero-order valence-corrected chi connectivity index (χ0v) is 42.9. The molecule has 6 atom stereocenters. The van der Waals surface area contributed by atoms with Crippen molar-refractivity contribution >= 4 is 68.6 Å². The number of ether oxygens (including phenoxy) is 4. The van der Waals surface area contributed by atoms with Crippen molar-refractivity contribution in [1.29, 1.82) is 0 Å². The molecule has 6 heterocycles. The zero-order chi connectivity index (χ0) is 50.0. The number of aliphatic carboxylic acids is 1. The minimum Gasteiger partial charge on any atom is -0.480 e. The molecular formula is C42H68N10O13Si2. The highest BCUT2D eigenvalue weighted by atomic mass is 28.4. The van der Waals surface area contributed by atoms with E-state index >= 15 is 0 Å². The van der Waals surface area contributed by atoms with Crippen LogP contribution in [0.25, 0.3) is 22.3 Å². The molecule has 4 aromatic rings. The summed E-state index contributed by atoms with van der Waals surface area (Å²) in [4.78, 5) is 82.7. The molecule has 0 bridgehead atoms. The average Bonchev–Trinajstić information content (AvgIpc) is 4.01. The SMILES string of the molecule is CC(C)C(=O)Nc1nc2c(ncn2[C@@H]2OCC(O[Si](C)(C)C(C)(C)C)[C@@H]2OCC(=O)O)c(=O)[nH]1.CC(C)C(=O)Nc1nc2c(ncn2[C@@H]2OCC(O[Si](C)(C)C(C)(C)C)[C@@H]2OCCO)c(=O)[nH]1. The summed E-state index contributed by atoms with van der Waals surface area (Å²) in [5.74, 6) is -2.28. The van der Waals surface area contributed by atoms with Gasteiger partial charge in [-0.05, 0) is 36.3 Å². The Morgan fingerprint density at radius 3 is 1.48 bits per heavy atom. The van der Waals surface area contributed by atoms with E-state index in [9.17, 15) is 34.2 Å². The molecule has 0 radical (unpaired) electrons. The number of amides is 2. The van der Waals surface area contributed by atoms with Gasteiger partial charge in [0.05, 0.1) is 51.3 Å². The van der Waals surface area contributed by atoms with Gasteiger partial charge in [-0.1, -0.05) is 69.2 Å². The quantitative estimate of drug-likeness (QED) is 0.0861. The van der Waals surface area contributed by atoms with E-state index in [0.29, 0.717) is 0 Å². The number of H-pyrrole nitrogens is 2. The Morgan fingerprint density at radius 2 is 1.13 bits per heavy atom. The van der Waals surface area contributed by atoms with Gasteiger partial charge in [-0.3, -0.25) is 48.9 Å². The first-order valence-electron chi connectivity index (χ1n) is 22.3. The van der Waals surface area contributed by atoms with E-state index in [1.54, 1.807) is 32.3 Å². The molecule has 2 aliphatic heterocycles. The molecule has 4 aromatic heterocycles. The van der Waals surface area contributed by atoms with Gasteiger partial charge < -0.3 is 38.0 Å². The lowest BCUT2D eigenvalue weighted by molar-refractivity contribution is -0.148. The molecular weight excluding hydrogens is 909 g/mol. The first kappa shape index (κ1) is 53.2. The predicted molar refractivity (Wildman–Crippen MR) is 252 cm³/mol. The molecule has 0 saturated carbocycles. The van der Waals surface area contributed by atoms with E-state index in [4.69, 9.17) is 27.8 Å². The summed E-state index contributed by atoms with van der Waals surface area (Å²) < 4.78 is 39.9. The second kappa shape index (κ2) is 20.9. The molecule has 0 aliphatic carbocycles. The summed E-state index contributed by atoms with van der Waals surface area (Å²) in [5, 5.41) is 23.6. The van der Waals surface area contributed by atoms with Gasteiger partial charge in [0.2, 0.25) is 23.7 Å². The number of carbonyl (C=O) groups excluding carboxylic acids is 2. The average molecular weight is 977 g/mol. The number of hydrogen-bond donors (Lipinski definition) is 6. The van der Waals surface area contributed by atoms with Crippen molar-refractivity contribution in [3.05, 3.63) is 33.4 Å². The molecule has 25 heteroatoms. The number of aliphatic hydroxyl groups is 1. The second-order valence-electron chi connectivity index (χ2n) is 20.3. The van der Waals surface area contributed by atoms with E-state index in [1.165, 1.54) is 17.2 Å². The molecule has 6 N–H and O–H groups in total. The van der Waals surface area contributed by atoms with Gasteiger partial charge in [-0.15, -0.1) is 0 Å². The van der Waals surface area contributed by atoms with E-state index in [-0.39, 0.29) is 100 Å². The maximum absolute atomic E-state index is 12.5. The van der Waals surface area contributed by atoms with E-state index in [2.05, 4.69) is 108 Å². The first-order chi connectivity index (χ1) is 31.1. The van der Waals surface area contributed by atoms with Crippen LogP contribution < -0.4 is 21.8 Å². The van der Waals surface area contributed by atoms with Crippen LogP contribution in [-0.4, -0.2) is 141 Å². The zero-order valence-electron chi connectivity index (χ0n) is 40.9. The summed E-state index contributed by atoms with van der Waals surface area (Å²) >= 11 is 0. The summed E-state index contributed by atoms with van der Waals surface area (Å²) in [6, 6.07) is 0. The van der Waals surface area contributed by atoms with Gasteiger partial charge >= 0.3 is 5.97 Å². The molecule has 2 aliphatic rings. The molecule has 67 heavy (non-hydrogen) atoms. The van der Waals surface area contributed by atoms with Gasteiger partial charge in [-0.25, -0.2) is 14.8 Å². The number of hydrogen-bond acceptors (Lipinski definition) is 16. The molecule has 372 valence electrons. The summed E-state index contributed by atoms with van der Waals surface area (Å²) in [7, 11) is -4.37. The summed E-state index contributed by atoms with van der Waals surface area (Å²) in [5.41, 5.74) is -0.401. The molecule has 6 rings (SSSR count). The number of carbonyl (C=O) groups is 3. The smallest absolute Gasteiger partial charge is 0.329 e. The van der Waals surface area contributed by atoms with E-state index < -0.39 is 71.1 Å². The van der Waals surface area contributed by atoms with Crippen LogP contribution in [0.5, 0.6) is 0 Å². The lowest BCUT2D eigenvalue weighted by atomic mass is 10.2. The number of aromatic amines is 2. The van der Waals surface area contributed by atoms with Gasteiger partial charge in [-0.2, -0.15) is 9.97 Å². The van der Waals surface area contributed by atoms with Crippen LogP contribution in [0.4, 0.5) is 11.9 Å². The van der Waals surface area contributed by atoms with Crippen LogP contribution in [0.2, 0.25) is 36.3 Å². The van der Waals surface area contributed by atoms with E-state index in [1.807, 2.05) is 0 Å². The standard InChI is InChI=1S/C21H33N5O7Si.C21H35N5O6Si/c1-11(2)17(29)24-20-23-16-14(18(30)25-20)22-10-26(16)19-15(31-9-13(27)28)12(8-32-19)33-34(6,7)21(3,4)5;1-12(2)17(28)24-20-23-16-14(18(29)25-20)22-11-26(16)19-15(30-9-8-27)13(10-31-19)32-33(6,7)21(3,4)5/h10-12,15,19H,8-9H2,1-7H3,(H,27,28)(H2,23,24,25,29,30);11-13,15,19,27H,8-10H2,1-7H3,(H2,23,24,25,28,29)/t12?,15-,19+;13?,15-,19+/m00/s1. The van der Waals surface area contributed by atoms with Crippen molar-refractivity contribution in [2.45, 2.75) is 142 Å². The first-order valence-corrected chi connectivity index (χ1v) is 28.1. The number of rotatable bonds is 16. The number of imidazole rings is 2. The van der Waals surface area contributed by atoms with Crippen LogP contribution >= 0.6 is 0 Å². The van der Waals surface area contributed by atoms with Crippen LogP contribution in [0, 0.1) is 11.8 Å². The lowest BCUT2D eigenvalue weighted by Gasteiger charge is -2.39. The third kappa shape index (κ3) is 12.3. The fraction of sp³-hybridized carbons (Fsp3) is 0.690. The minimum atomic E-state index is -2.23. The Kier molecular flexibility index (Phi) is 16.6. The number of carboxylic acid groups (broad SMARTS) is 1. The van der Waals surface area contributed by atoms with Gasteiger partial charge in [0.25, 0.3) is 11.1 Å². The van der Waals surface area contributed by atoms with Crippen molar-refractivity contribution in [3.8, 4) is 0 Å². The Labute approximate surface area is 390 Å². The maximum Gasteiger partial charge on any atom is 0.329 e. The molecule has 2 fully saturated rings. The van der Waals surface area contributed by atoms with Crippen LogP contribution in [0.1, 0.15) is 81.7 Å². The largest absolute Gasteiger partial charge is 0.480 e. The molecule has 0 aromatic carbocycles. The number of aromatic nitrogens is 8. The number of aliphatic hydroxyl groups excluding tert-OH is 1. The Balaban J connectivity index is 0.000000251. The van der Waals surface area contributed by atoms with Crippen molar-refractivity contribution in [2.24, 2.45) is 11.8 Å². The highest BCUT2D eigenvalue weighted by molar-refractivity contribution is 6.74. The normalized spacial score (nSPS) is 21.6. The van der Waals surface area contributed by atoms with Crippen molar-refractivity contribution in [3.63, 3.8) is 0 Å². The monoisotopic (exact) mass is 976 g/mol. The Morgan fingerprint density at radius 1 is 0.746 bits per heavy atom. The van der Waals surface area contributed by atoms with Crippen molar-refractivity contribution in [1.82, 2.24) is 39.0 Å². The van der Waals surface area contributed by atoms with Crippen LogP contribution in [-0.2, 0) is 42.2 Å². The van der Waals surface area contributed by atoms with Crippen LogP contribution in [0.3, 0.4) is 0 Å². The number of anilines is 2. The maximum atomic E-state index is 12.5. The minimum absolute atomic E-state index is 0.00725. The lowest BCUT2D eigenvalue weighted by Crippen LogP contribution is -2.48. The second-order valence-corrected chi connectivity index (χ2v) is 29.8. The van der Waals surface area contributed by atoms with Crippen molar-refractivity contribution < 1.29 is 52.4 Å². The summed E-state index contributed by atoms with van der Waals surface area (Å²) in [6.45, 7) is 28.1. The number of fused-ring (bicyclic) bond motifs is 2. The molecule has 23 nitrogen and oxygen atoms in total. The molecule has 2 saturated heterocycles. The molecule has 0 spiro atoms. The van der Waals surface area contributed by atoms with Gasteiger partial charge in [0.1, 0.15) is 18.8 Å². The topological polar surface area (TPSA) is 298 Å². The highest BCUT2D eigenvalue weighted by Crippen LogP contribution is 2.42. The third-order valence-corrected chi connectivity index (χ3v) is 21.4. The Bertz CT molecular complexity index is 2510. The molecule has 2 unspecified atom stereocenters. The van der Waals surface area contributed by atoms with Gasteiger partial charge in [0, 0.05) is 11.8 Å². The fourth-order valence-electron chi connectivity index (χ4n) is 6.52.